The zero-order chi connectivity index (χ0) is 12.3. The van der Waals surface area contributed by atoms with Crippen LogP contribution in [-0.2, 0) is 6.42 Å². The summed E-state index contributed by atoms with van der Waals surface area (Å²) < 4.78 is 13.2. The van der Waals surface area contributed by atoms with Crippen molar-refractivity contribution in [3.8, 4) is 0 Å². The fourth-order valence-electron chi connectivity index (χ4n) is 1.78. The van der Waals surface area contributed by atoms with E-state index >= 15 is 0 Å². The fraction of sp³-hybridized carbons (Fsp3) is 0.308. The second kappa shape index (κ2) is 5.74. The van der Waals surface area contributed by atoms with Gasteiger partial charge in [-0.3, -0.25) is 0 Å². The van der Waals surface area contributed by atoms with Gasteiger partial charge in [-0.2, -0.15) is 0 Å². The van der Waals surface area contributed by atoms with Gasteiger partial charge in [0, 0.05) is 10.7 Å². The summed E-state index contributed by atoms with van der Waals surface area (Å²) in [5, 5.41) is 3.96. The first-order valence-corrected chi connectivity index (χ1v) is 7.41. The summed E-state index contributed by atoms with van der Waals surface area (Å²) in [5.74, 6) is 0.0927. The molecule has 0 amide bonds. The molecule has 0 bridgehead atoms. The minimum absolute atomic E-state index is 0.178. The SMILES string of the molecule is Cc1nc(CC(CBr)c2cccc(F)c2)cs1. The smallest absolute Gasteiger partial charge is 0.123 e. The van der Waals surface area contributed by atoms with Crippen LogP contribution in [0, 0.1) is 12.7 Å². The molecule has 1 aromatic carbocycles. The Balaban J connectivity index is 2.16. The molecule has 1 aromatic heterocycles. The quantitative estimate of drug-likeness (QED) is 0.766. The molecule has 1 unspecified atom stereocenters. The lowest BCUT2D eigenvalue weighted by Crippen LogP contribution is -2.05. The number of benzene rings is 1. The molecular weight excluding hydrogens is 301 g/mol. The Morgan fingerprint density at radius 3 is 2.88 bits per heavy atom. The van der Waals surface area contributed by atoms with Crippen LogP contribution in [0.5, 0.6) is 0 Å². The van der Waals surface area contributed by atoms with Gasteiger partial charge in [0.1, 0.15) is 5.82 Å². The molecular formula is C13H13BrFNS. The highest BCUT2D eigenvalue weighted by molar-refractivity contribution is 9.09. The van der Waals surface area contributed by atoms with Crippen LogP contribution < -0.4 is 0 Å². The molecule has 0 fully saturated rings. The van der Waals surface area contributed by atoms with Crippen molar-refractivity contribution in [3.63, 3.8) is 0 Å². The predicted octanol–water partition coefficient (Wildman–Crippen LogP) is 4.31. The number of hydrogen-bond acceptors (Lipinski definition) is 2. The monoisotopic (exact) mass is 313 g/mol. The average Bonchev–Trinajstić information content (AvgIpc) is 2.72. The molecule has 0 aliphatic carbocycles. The van der Waals surface area contributed by atoms with Crippen molar-refractivity contribution in [2.75, 3.05) is 5.33 Å². The van der Waals surface area contributed by atoms with Crippen molar-refractivity contribution in [2.24, 2.45) is 0 Å². The number of halogens is 2. The summed E-state index contributed by atoms with van der Waals surface area (Å²) >= 11 is 5.15. The zero-order valence-electron chi connectivity index (χ0n) is 9.49. The molecule has 1 heterocycles. The molecule has 0 N–H and O–H groups in total. The second-order valence-electron chi connectivity index (χ2n) is 3.97. The van der Waals surface area contributed by atoms with E-state index in [2.05, 4.69) is 26.3 Å². The predicted molar refractivity (Wildman–Crippen MR) is 73.5 cm³/mol. The van der Waals surface area contributed by atoms with Crippen LogP contribution in [0.15, 0.2) is 29.6 Å². The summed E-state index contributed by atoms with van der Waals surface area (Å²) in [6.07, 6.45) is 0.846. The van der Waals surface area contributed by atoms with Gasteiger partial charge >= 0.3 is 0 Å². The topological polar surface area (TPSA) is 12.9 Å². The summed E-state index contributed by atoms with van der Waals surface area (Å²) in [6, 6.07) is 6.80. The Bertz CT molecular complexity index is 498. The van der Waals surface area contributed by atoms with Crippen LogP contribution in [0.3, 0.4) is 0 Å². The highest BCUT2D eigenvalue weighted by atomic mass is 79.9. The number of rotatable bonds is 4. The van der Waals surface area contributed by atoms with Crippen molar-refractivity contribution < 1.29 is 4.39 Å². The van der Waals surface area contributed by atoms with Gasteiger partial charge in [0.25, 0.3) is 0 Å². The highest BCUT2D eigenvalue weighted by Crippen LogP contribution is 2.24. The molecule has 0 aliphatic heterocycles. The lowest BCUT2D eigenvalue weighted by atomic mass is 9.96. The second-order valence-corrected chi connectivity index (χ2v) is 5.68. The molecule has 90 valence electrons. The van der Waals surface area contributed by atoms with Crippen LogP contribution in [0.1, 0.15) is 22.2 Å². The van der Waals surface area contributed by atoms with Gasteiger partial charge in [0.2, 0.25) is 0 Å². The van der Waals surface area contributed by atoms with E-state index < -0.39 is 0 Å². The molecule has 2 aromatic rings. The van der Waals surface area contributed by atoms with Crippen LogP contribution >= 0.6 is 27.3 Å². The van der Waals surface area contributed by atoms with Crippen LogP contribution in [0.25, 0.3) is 0 Å². The van der Waals surface area contributed by atoms with Crippen molar-refractivity contribution in [1.82, 2.24) is 4.98 Å². The van der Waals surface area contributed by atoms with E-state index in [4.69, 9.17) is 0 Å². The third kappa shape index (κ3) is 3.36. The molecule has 0 radical (unpaired) electrons. The minimum atomic E-state index is -0.178. The minimum Gasteiger partial charge on any atom is -0.247 e. The lowest BCUT2D eigenvalue weighted by molar-refractivity contribution is 0.621. The summed E-state index contributed by atoms with van der Waals surface area (Å²) in [4.78, 5) is 4.45. The molecule has 0 saturated heterocycles. The van der Waals surface area contributed by atoms with E-state index in [1.165, 1.54) is 6.07 Å². The summed E-state index contributed by atoms with van der Waals surface area (Å²) in [6.45, 7) is 2.00. The highest BCUT2D eigenvalue weighted by Gasteiger charge is 2.13. The standard InChI is InChI=1S/C13H13BrFNS/c1-9-16-13(8-17-9)6-11(7-14)10-3-2-4-12(15)5-10/h2-5,8,11H,6-7H2,1H3. The molecule has 0 saturated carbocycles. The van der Waals surface area contributed by atoms with Gasteiger partial charge in [0.15, 0.2) is 0 Å². The third-order valence-electron chi connectivity index (χ3n) is 2.63. The van der Waals surface area contributed by atoms with Gasteiger partial charge in [-0.15, -0.1) is 11.3 Å². The van der Waals surface area contributed by atoms with E-state index in [1.807, 2.05) is 13.0 Å². The van der Waals surface area contributed by atoms with Crippen molar-refractivity contribution in [2.45, 2.75) is 19.3 Å². The molecule has 2 rings (SSSR count). The maximum Gasteiger partial charge on any atom is 0.123 e. The van der Waals surface area contributed by atoms with Gasteiger partial charge in [-0.25, -0.2) is 9.37 Å². The third-order valence-corrected chi connectivity index (χ3v) is 4.23. The number of thiazole rings is 1. The Morgan fingerprint density at radius 2 is 2.29 bits per heavy atom. The number of aryl methyl sites for hydroxylation is 1. The van der Waals surface area contributed by atoms with Crippen molar-refractivity contribution in [3.05, 3.63) is 51.7 Å². The first-order valence-electron chi connectivity index (χ1n) is 5.41. The fourth-order valence-corrected chi connectivity index (χ4v) is 3.00. The first-order chi connectivity index (χ1) is 8.19. The maximum absolute atomic E-state index is 13.2. The first kappa shape index (κ1) is 12.7. The van der Waals surface area contributed by atoms with Gasteiger partial charge in [-0.1, -0.05) is 28.1 Å². The van der Waals surface area contributed by atoms with Crippen LogP contribution in [0.2, 0.25) is 0 Å². The van der Waals surface area contributed by atoms with E-state index in [9.17, 15) is 4.39 Å². The molecule has 0 aliphatic rings. The Morgan fingerprint density at radius 1 is 1.47 bits per heavy atom. The Labute approximate surface area is 113 Å². The van der Waals surface area contributed by atoms with Gasteiger partial charge < -0.3 is 0 Å². The molecule has 4 heteroatoms. The van der Waals surface area contributed by atoms with Crippen molar-refractivity contribution in [1.29, 1.82) is 0 Å². The Hall–Kier alpha value is -0.740. The van der Waals surface area contributed by atoms with Crippen LogP contribution in [0.4, 0.5) is 4.39 Å². The maximum atomic E-state index is 13.2. The lowest BCUT2D eigenvalue weighted by Gasteiger charge is -2.13. The molecule has 1 nitrogen and oxygen atoms in total. The summed E-state index contributed by atoms with van der Waals surface area (Å²) in [5.41, 5.74) is 2.11. The molecule has 1 atom stereocenters. The number of hydrogen-bond donors (Lipinski definition) is 0. The Kier molecular flexibility index (Phi) is 4.29. The number of aromatic nitrogens is 1. The molecule has 0 spiro atoms. The van der Waals surface area contributed by atoms with Gasteiger partial charge in [0.05, 0.1) is 10.7 Å². The summed E-state index contributed by atoms with van der Waals surface area (Å²) in [7, 11) is 0. The van der Waals surface area contributed by atoms with E-state index in [0.29, 0.717) is 0 Å². The number of alkyl halides is 1. The molecule has 17 heavy (non-hydrogen) atoms. The average molecular weight is 314 g/mol. The van der Waals surface area contributed by atoms with E-state index in [0.717, 1.165) is 28.0 Å². The largest absolute Gasteiger partial charge is 0.247 e. The zero-order valence-corrected chi connectivity index (χ0v) is 11.9. The van der Waals surface area contributed by atoms with E-state index in [1.54, 1.807) is 23.5 Å². The van der Waals surface area contributed by atoms with Crippen molar-refractivity contribution >= 4 is 27.3 Å². The number of nitrogens with zero attached hydrogens (tertiary/aromatic N) is 1. The van der Waals surface area contributed by atoms with E-state index in [-0.39, 0.29) is 11.7 Å². The van der Waals surface area contributed by atoms with Gasteiger partial charge in [-0.05, 0) is 37.0 Å². The van der Waals surface area contributed by atoms with Crippen LogP contribution in [-0.4, -0.2) is 10.3 Å². The normalized spacial score (nSPS) is 12.6.